The van der Waals surface area contributed by atoms with Crippen LogP contribution in [0.5, 0.6) is 0 Å². The standard InChI is InChI=1S/C29H33NO4SSi/c1-23-17-19-24(20-18-23)35(32,33)30-21-11-16-28(31)27(30)22-34-36(29(2,3)4,25-12-7-5-8-13-25)26-14-9-6-10-15-26/h5-20,27H,21-22H2,1-4H3. The van der Waals surface area contributed by atoms with Gasteiger partial charge in [-0.15, -0.1) is 0 Å². The summed E-state index contributed by atoms with van der Waals surface area (Å²) < 4.78 is 35.4. The Morgan fingerprint density at radius 1 is 0.889 bits per heavy atom. The van der Waals surface area contributed by atoms with E-state index in [1.807, 2.05) is 43.3 Å². The molecule has 0 aliphatic carbocycles. The molecule has 0 amide bonds. The van der Waals surface area contributed by atoms with Crippen molar-refractivity contribution in [3.05, 3.63) is 103 Å². The zero-order valence-corrected chi connectivity index (χ0v) is 23.0. The van der Waals surface area contributed by atoms with E-state index in [1.54, 1.807) is 30.3 Å². The van der Waals surface area contributed by atoms with E-state index in [9.17, 15) is 13.2 Å². The summed E-state index contributed by atoms with van der Waals surface area (Å²) in [6.45, 7) is 8.47. The van der Waals surface area contributed by atoms with Crippen LogP contribution in [-0.4, -0.2) is 46.0 Å². The van der Waals surface area contributed by atoms with Crippen LogP contribution in [0.3, 0.4) is 0 Å². The number of carbonyl (C=O) groups excluding carboxylic acids is 1. The molecule has 0 saturated carbocycles. The second-order valence-corrected chi connectivity index (χ2v) is 16.4. The number of hydrogen-bond donors (Lipinski definition) is 0. The molecule has 0 N–H and O–H groups in total. The van der Waals surface area contributed by atoms with E-state index < -0.39 is 24.4 Å². The lowest BCUT2D eigenvalue weighted by molar-refractivity contribution is -0.119. The predicted octanol–water partition coefficient (Wildman–Crippen LogP) is 4.07. The lowest BCUT2D eigenvalue weighted by Crippen LogP contribution is -2.67. The zero-order chi connectivity index (χ0) is 26.0. The van der Waals surface area contributed by atoms with Gasteiger partial charge in [-0.3, -0.25) is 4.79 Å². The molecule has 1 heterocycles. The molecule has 1 atom stereocenters. The molecule has 3 aromatic carbocycles. The van der Waals surface area contributed by atoms with Crippen molar-refractivity contribution in [2.45, 2.75) is 43.7 Å². The van der Waals surface area contributed by atoms with E-state index in [0.717, 1.165) is 15.9 Å². The average molecular weight is 520 g/mol. The largest absolute Gasteiger partial charge is 0.405 e. The SMILES string of the molecule is Cc1ccc(S(=O)(=O)N2CC=CC(=O)C2CO[Si](c2ccccc2)(c2ccccc2)C(C)(C)C)cc1. The average Bonchev–Trinajstić information content (AvgIpc) is 2.86. The van der Waals surface area contributed by atoms with Crippen LogP contribution < -0.4 is 10.4 Å². The minimum Gasteiger partial charge on any atom is -0.405 e. The van der Waals surface area contributed by atoms with Crippen molar-refractivity contribution in [3.63, 3.8) is 0 Å². The van der Waals surface area contributed by atoms with Crippen LogP contribution in [0, 0.1) is 6.92 Å². The minimum atomic E-state index is -3.90. The molecule has 7 heteroatoms. The molecule has 0 radical (unpaired) electrons. The molecule has 0 fully saturated rings. The number of hydrogen-bond acceptors (Lipinski definition) is 4. The molecule has 0 spiro atoms. The lowest BCUT2D eigenvalue weighted by Gasteiger charge is -2.44. The van der Waals surface area contributed by atoms with E-state index in [0.29, 0.717) is 0 Å². The fourth-order valence-electron chi connectivity index (χ4n) is 4.90. The van der Waals surface area contributed by atoms with Crippen LogP contribution in [0.25, 0.3) is 0 Å². The van der Waals surface area contributed by atoms with Gasteiger partial charge in [-0.25, -0.2) is 8.42 Å². The minimum absolute atomic E-state index is 0.0262. The van der Waals surface area contributed by atoms with E-state index >= 15 is 0 Å². The molecule has 0 aromatic heterocycles. The fraction of sp³-hybridized carbons (Fsp3) is 0.276. The van der Waals surface area contributed by atoms with Crippen LogP contribution in [0.1, 0.15) is 26.3 Å². The van der Waals surface area contributed by atoms with Crippen molar-refractivity contribution in [2.24, 2.45) is 0 Å². The van der Waals surface area contributed by atoms with Gasteiger partial charge in [-0.1, -0.05) is 105 Å². The van der Waals surface area contributed by atoms with Crippen LogP contribution in [-0.2, 0) is 19.2 Å². The van der Waals surface area contributed by atoms with Gasteiger partial charge in [0.1, 0.15) is 6.04 Å². The normalized spacial score (nSPS) is 17.3. The monoisotopic (exact) mass is 519 g/mol. The smallest absolute Gasteiger partial charge is 0.261 e. The Bertz CT molecular complexity index is 1290. The molecule has 5 nitrogen and oxygen atoms in total. The number of carbonyl (C=O) groups is 1. The Morgan fingerprint density at radius 3 is 1.92 bits per heavy atom. The number of ketones is 1. The van der Waals surface area contributed by atoms with Gasteiger partial charge in [0.25, 0.3) is 8.32 Å². The van der Waals surface area contributed by atoms with E-state index in [-0.39, 0.29) is 28.9 Å². The Labute approximate surface area is 215 Å². The third-order valence-corrected chi connectivity index (χ3v) is 13.6. The first kappa shape index (κ1) is 26.2. The van der Waals surface area contributed by atoms with Gasteiger partial charge in [-0.2, -0.15) is 4.31 Å². The van der Waals surface area contributed by atoms with Gasteiger partial charge < -0.3 is 4.43 Å². The third kappa shape index (κ3) is 4.89. The maximum absolute atomic E-state index is 13.6. The van der Waals surface area contributed by atoms with Crippen molar-refractivity contribution >= 4 is 34.5 Å². The highest BCUT2D eigenvalue weighted by atomic mass is 32.2. The second kappa shape index (κ2) is 10.3. The fourth-order valence-corrected chi connectivity index (χ4v) is 11.0. The molecule has 0 bridgehead atoms. The first-order chi connectivity index (χ1) is 17.1. The molecule has 1 unspecified atom stereocenters. The molecular formula is C29H33NO4SSi. The van der Waals surface area contributed by atoms with Crippen LogP contribution >= 0.6 is 0 Å². The van der Waals surface area contributed by atoms with Gasteiger partial charge in [-0.05, 0) is 40.5 Å². The molecule has 1 aliphatic heterocycles. The Kier molecular flexibility index (Phi) is 7.48. The maximum atomic E-state index is 13.6. The summed E-state index contributed by atoms with van der Waals surface area (Å²) in [7, 11) is -6.83. The topological polar surface area (TPSA) is 63.7 Å². The molecule has 0 saturated heterocycles. The van der Waals surface area contributed by atoms with Crippen molar-refractivity contribution in [1.82, 2.24) is 4.31 Å². The zero-order valence-electron chi connectivity index (χ0n) is 21.2. The molecule has 188 valence electrons. The quantitative estimate of drug-likeness (QED) is 0.442. The third-order valence-electron chi connectivity index (χ3n) is 6.75. The van der Waals surface area contributed by atoms with Crippen molar-refractivity contribution in [1.29, 1.82) is 0 Å². The van der Waals surface area contributed by atoms with Gasteiger partial charge >= 0.3 is 0 Å². The highest BCUT2D eigenvalue weighted by Crippen LogP contribution is 2.37. The van der Waals surface area contributed by atoms with Gasteiger partial charge in [0.2, 0.25) is 10.0 Å². The first-order valence-electron chi connectivity index (χ1n) is 12.1. The van der Waals surface area contributed by atoms with Crippen molar-refractivity contribution in [3.8, 4) is 0 Å². The first-order valence-corrected chi connectivity index (χ1v) is 15.5. The number of benzene rings is 3. The molecular weight excluding hydrogens is 486 g/mol. The predicted molar refractivity (Wildman–Crippen MR) is 147 cm³/mol. The van der Waals surface area contributed by atoms with Gasteiger partial charge in [0.15, 0.2) is 5.78 Å². The number of aryl methyl sites for hydroxylation is 1. The number of nitrogens with zero attached hydrogens (tertiary/aromatic N) is 1. The second-order valence-electron chi connectivity index (χ2n) is 10.2. The Balaban J connectivity index is 1.77. The summed E-state index contributed by atoms with van der Waals surface area (Å²) in [5, 5.41) is 1.87. The number of rotatable bonds is 7. The van der Waals surface area contributed by atoms with Crippen molar-refractivity contribution in [2.75, 3.05) is 13.2 Å². The summed E-state index contributed by atoms with van der Waals surface area (Å²) in [6.07, 6.45) is 3.08. The molecule has 1 aliphatic rings. The summed E-state index contributed by atoms with van der Waals surface area (Å²) >= 11 is 0. The van der Waals surface area contributed by atoms with E-state index in [4.69, 9.17) is 4.43 Å². The number of sulfonamides is 1. The van der Waals surface area contributed by atoms with Gasteiger partial charge in [0.05, 0.1) is 11.5 Å². The van der Waals surface area contributed by atoms with E-state index in [2.05, 4.69) is 45.0 Å². The van der Waals surface area contributed by atoms with Crippen LogP contribution in [0.4, 0.5) is 0 Å². The summed E-state index contributed by atoms with van der Waals surface area (Å²) in [5.74, 6) is -0.269. The summed E-state index contributed by atoms with van der Waals surface area (Å²) in [4.78, 5) is 13.3. The summed E-state index contributed by atoms with van der Waals surface area (Å²) in [6, 6.07) is 26.0. The molecule has 3 aromatic rings. The Hall–Kier alpha value is -2.84. The van der Waals surface area contributed by atoms with E-state index in [1.165, 1.54) is 10.4 Å². The summed E-state index contributed by atoms with van der Waals surface area (Å²) in [5.41, 5.74) is 0.968. The Morgan fingerprint density at radius 2 is 1.42 bits per heavy atom. The maximum Gasteiger partial charge on any atom is 0.261 e. The molecule has 4 rings (SSSR count). The molecule has 36 heavy (non-hydrogen) atoms. The highest BCUT2D eigenvalue weighted by Gasteiger charge is 2.51. The van der Waals surface area contributed by atoms with Crippen LogP contribution in [0.2, 0.25) is 5.04 Å². The van der Waals surface area contributed by atoms with Crippen LogP contribution in [0.15, 0.2) is 102 Å². The highest BCUT2D eigenvalue weighted by molar-refractivity contribution is 7.89. The lowest BCUT2D eigenvalue weighted by atomic mass is 10.1. The van der Waals surface area contributed by atoms with Gasteiger partial charge in [0, 0.05) is 6.54 Å². The van der Waals surface area contributed by atoms with Crippen molar-refractivity contribution < 1.29 is 17.6 Å².